The van der Waals surface area contributed by atoms with Gasteiger partial charge in [0.2, 0.25) is 0 Å². The molecule has 0 aromatic heterocycles. The minimum atomic E-state index is 0.396. The molecule has 1 heteroatoms. The van der Waals surface area contributed by atoms with Crippen LogP contribution in [0.2, 0.25) is 0 Å². The molecule has 1 atom stereocenters. The maximum Gasteiger partial charge on any atom is 0.0173 e. The molecular weight excluding hydrogens is 218 g/mol. The normalized spacial score (nSPS) is 16.0. The highest BCUT2D eigenvalue weighted by Crippen LogP contribution is 2.33. The molecule has 0 radical (unpaired) electrons. The largest absolute Gasteiger partial charge is 0.301 e. The molecule has 0 spiro atoms. The van der Waals surface area contributed by atoms with Crippen LogP contribution in [0.4, 0.5) is 0 Å². The van der Waals surface area contributed by atoms with E-state index in [1.165, 1.54) is 51.5 Å². The van der Waals surface area contributed by atoms with Crippen molar-refractivity contribution in [1.82, 2.24) is 4.90 Å². The number of rotatable bonds is 10. The smallest absolute Gasteiger partial charge is 0.0173 e. The van der Waals surface area contributed by atoms with Gasteiger partial charge in [-0.25, -0.2) is 0 Å². The average molecular weight is 255 g/mol. The highest BCUT2D eigenvalue weighted by molar-refractivity contribution is 4.82. The van der Waals surface area contributed by atoms with Gasteiger partial charge in [0.1, 0.15) is 0 Å². The maximum absolute atomic E-state index is 2.58. The number of hydrogen-bond acceptors (Lipinski definition) is 1. The summed E-state index contributed by atoms with van der Waals surface area (Å²) in [6, 6.07) is 0. The molecule has 1 unspecified atom stereocenters. The van der Waals surface area contributed by atoms with E-state index in [9.17, 15) is 0 Å². The molecule has 0 saturated carbocycles. The van der Waals surface area contributed by atoms with E-state index in [-0.39, 0.29) is 0 Å². The van der Waals surface area contributed by atoms with Crippen LogP contribution < -0.4 is 0 Å². The monoisotopic (exact) mass is 255 g/mol. The first-order valence-corrected chi connectivity index (χ1v) is 8.08. The molecule has 0 aliphatic heterocycles. The van der Waals surface area contributed by atoms with Crippen molar-refractivity contribution in [3.63, 3.8) is 0 Å². The van der Waals surface area contributed by atoms with Crippen LogP contribution in [-0.2, 0) is 0 Å². The van der Waals surface area contributed by atoms with E-state index >= 15 is 0 Å². The van der Waals surface area contributed by atoms with Gasteiger partial charge in [0.05, 0.1) is 0 Å². The third-order valence-corrected chi connectivity index (χ3v) is 5.43. The Morgan fingerprint density at radius 2 is 1.39 bits per heavy atom. The van der Waals surface area contributed by atoms with Crippen LogP contribution in [0, 0.1) is 5.41 Å². The fourth-order valence-corrected chi connectivity index (χ4v) is 2.88. The Morgan fingerprint density at radius 3 is 1.78 bits per heavy atom. The van der Waals surface area contributed by atoms with Gasteiger partial charge in [-0.3, -0.25) is 0 Å². The molecule has 0 saturated heterocycles. The fourth-order valence-electron chi connectivity index (χ4n) is 2.88. The highest BCUT2D eigenvalue weighted by Gasteiger charge is 2.26. The van der Waals surface area contributed by atoms with Crippen molar-refractivity contribution in [2.45, 2.75) is 92.0 Å². The summed E-state index contributed by atoms with van der Waals surface area (Å²) in [6.07, 6.45) is 9.25. The maximum atomic E-state index is 2.58. The zero-order chi connectivity index (χ0) is 14.2. The van der Waals surface area contributed by atoms with E-state index in [4.69, 9.17) is 0 Å². The standard InChI is InChI=1S/C17H37N/c1-8-13-16(5,9-2)14-12-15-18(7)17(6,10-3)11-4/h8-15H2,1-7H3. The summed E-state index contributed by atoms with van der Waals surface area (Å²) in [6.45, 7) is 15.4. The topological polar surface area (TPSA) is 3.24 Å². The van der Waals surface area contributed by atoms with Crippen LogP contribution in [0.25, 0.3) is 0 Å². The fraction of sp³-hybridized carbons (Fsp3) is 1.00. The Kier molecular flexibility index (Phi) is 8.18. The van der Waals surface area contributed by atoms with Gasteiger partial charge in [-0.2, -0.15) is 0 Å². The van der Waals surface area contributed by atoms with E-state index in [1.807, 2.05) is 0 Å². The third-order valence-electron chi connectivity index (χ3n) is 5.43. The Balaban J connectivity index is 4.17. The van der Waals surface area contributed by atoms with Crippen LogP contribution in [0.1, 0.15) is 86.5 Å². The molecule has 0 fully saturated rings. The first kappa shape index (κ1) is 18.0. The molecule has 0 bridgehead atoms. The van der Waals surface area contributed by atoms with Gasteiger partial charge in [-0.15, -0.1) is 0 Å². The summed E-state index contributed by atoms with van der Waals surface area (Å²) in [7, 11) is 2.30. The molecule has 0 aromatic rings. The van der Waals surface area contributed by atoms with E-state index in [1.54, 1.807) is 0 Å². The molecular formula is C17H37N. The van der Waals surface area contributed by atoms with Crippen molar-refractivity contribution in [2.24, 2.45) is 5.41 Å². The molecule has 1 nitrogen and oxygen atoms in total. The van der Waals surface area contributed by atoms with E-state index < -0.39 is 0 Å². The van der Waals surface area contributed by atoms with Crippen molar-refractivity contribution in [2.75, 3.05) is 13.6 Å². The van der Waals surface area contributed by atoms with Crippen LogP contribution in [0.3, 0.4) is 0 Å². The zero-order valence-electron chi connectivity index (χ0n) is 14.1. The minimum Gasteiger partial charge on any atom is -0.301 e. The van der Waals surface area contributed by atoms with Crippen LogP contribution in [0.15, 0.2) is 0 Å². The SMILES string of the molecule is CCCC(C)(CC)CCCN(C)C(C)(CC)CC. The van der Waals surface area contributed by atoms with Gasteiger partial charge >= 0.3 is 0 Å². The molecule has 0 aliphatic carbocycles. The summed E-state index contributed by atoms with van der Waals surface area (Å²) >= 11 is 0. The van der Waals surface area contributed by atoms with Crippen LogP contribution in [-0.4, -0.2) is 24.0 Å². The molecule has 0 aliphatic rings. The lowest BCUT2D eigenvalue weighted by molar-refractivity contribution is 0.116. The second kappa shape index (κ2) is 8.19. The van der Waals surface area contributed by atoms with Gasteiger partial charge in [0.25, 0.3) is 0 Å². The summed E-state index contributed by atoms with van der Waals surface area (Å²) < 4.78 is 0. The molecule has 0 N–H and O–H groups in total. The molecule has 0 aromatic carbocycles. The van der Waals surface area contributed by atoms with E-state index in [2.05, 4.69) is 53.5 Å². The Hall–Kier alpha value is -0.0400. The lowest BCUT2D eigenvalue weighted by Gasteiger charge is -2.38. The van der Waals surface area contributed by atoms with Crippen molar-refractivity contribution >= 4 is 0 Å². The predicted octanol–water partition coefficient (Wildman–Crippen LogP) is 5.49. The number of nitrogens with zero attached hydrogens (tertiary/aromatic N) is 1. The first-order valence-electron chi connectivity index (χ1n) is 8.08. The van der Waals surface area contributed by atoms with Gasteiger partial charge < -0.3 is 4.90 Å². The van der Waals surface area contributed by atoms with Crippen molar-refractivity contribution in [3.8, 4) is 0 Å². The lowest BCUT2D eigenvalue weighted by atomic mass is 9.79. The predicted molar refractivity (Wildman–Crippen MR) is 84.2 cm³/mol. The summed E-state index contributed by atoms with van der Waals surface area (Å²) in [5.41, 5.74) is 0.970. The second-order valence-corrected chi connectivity index (χ2v) is 6.64. The first-order chi connectivity index (χ1) is 8.37. The summed E-state index contributed by atoms with van der Waals surface area (Å²) in [4.78, 5) is 2.58. The van der Waals surface area contributed by atoms with Crippen LogP contribution >= 0.6 is 0 Å². The van der Waals surface area contributed by atoms with Crippen LogP contribution in [0.5, 0.6) is 0 Å². The zero-order valence-corrected chi connectivity index (χ0v) is 14.1. The molecule has 0 amide bonds. The Bertz CT molecular complexity index is 208. The van der Waals surface area contributed by atoms with Gasteiger partial charge in [-0.05, 0) is 58.0 Å². The molecule has 110 valence electrons. The Morgan fingerprint density at radius 1 is 0.833 bits per heavy atom. The van der Waals surface area contributed by atoms with Crippen molar-refractivity contribution in [1.29, 1.82) is 0 Å². The number of hydrogen-bond donors (Lipinski definition) is 0. The average Bonchev–Trinajstić information content (AvgIpc) is 2.37. The Labute approximate surface area is 116 Å². The van der Waals surface area contributed by atoms with E-state index in [0.717, 1.165) is 0 Å². The van der Waals surface area contributed by atoms with Crippen molar-refractivity contribution in [3.05, 3.63) is 0 Å². The van der Waals surface area contributed by atoms with Crippen molar-refractivity contribution < 1.29 is 0 Å². The van der Waals surface area contributed by atoms with Gasteiger partial charge in [-0.1, -0.05) is 47.5 Å². The van der Waals surface area contributed by atoms with Gasteiger partial charge in [0, 0.05) is 5.54 Å². The quantitative estimate of drug-likeness (QED) is 0.498. The summed E-state index contributed by atoms with van der Waals surface area (Å²) in [5.74, 6) is 0. The molecule has 0 rings (SSSR count). The third kappa shape index (κ3) is 5.30. The highest BCUT2D eigenvalue weighted by atomic mass is 15.2. The molecule has 18 heavy (non-hydrogen) atoms. The van der Waals surface area contributed by atoms with Gasteiger partial charge in [0.15, 0.2) is 0 Å². The second-order valence-electron chi connectivity index (χ2n) is 6.64. The summed E-state index contributed by atoms with van der Waals surface area (Å²) in [5, 5.41) is 0. The lowest BCUT2D eigenvalue weighted by Crippen LogP contribution is -2.43. The molecule has 0 heterocycles. The van der Waals surface area contributed by atoms with E-state index in [0.29, 0.717) is 11.0 Å². The minimum absolute atomic E-state index is 0.396.